The molecule has 0 saturated carbocycles. The Balaban J connectivity index is 1.51. The Morgan fingerprint density at radius 2 is 2.00 bits per heavy atom. The first-order chi connectivity index (χ1) is 17.0. The molecule has 3 N–H and O–H groups in total. The Hall–Kier alpha value is -3.98. The quantitative estimate of drug-likeness (QED) is 0.358. The van der Waals surface area contributed by atoms with Gasteiger partial charge in [-0.2, -0.15) is 0 Å². The van der Waals surface area contributed by atoms with Crippen molar-refractivity contribution < 1.29 is 14.2 Å². The van der Waals surface area contributed by atoms with Crippen molar-refractivity contribution in [1.82, 2.24) is 20.3 Å². The van der Waals surface area contributed by atoms with E-state index in [1.54, 1.807) is 30.6 Å². The molecule has 9 heteroatoms. The van der Waals surface area contributed by atoms with Crippen molar-refractivity contribution >= 4 is 28.1 Å². The summed E-state index contributed by atoms with van der Waals surface area (Å²) in [4.78, 5) is 18.8. The molecule has 0 spiro atoms. The topological polar surface area (TPSA) is 98.7 Å². The van der Waals surface area contributed by atoms with Gasteiger partial charge in [-0.05, 0) is 44.2 Å². The van der Waals surface area contributed by atoms with E-state index in [1.165, 1.54) is 6.07 Å². The van der Waals surface area contributed by atoms with E-state index in [2.05, 4.69) is 30.2 Å². The van der Waals surface area contributed by atoms with Gasteiger partial charge in [0.05, 0.1) is 52.7 Å². The molecule has 0 radical (unpaired) electrons. The number of nitrogens with zero attached hydrogens (tertiary/aromatic N) is 4. The Labute approximate surface area is 202 Å². The Morgan fingerprint density at radius 1 is 1.17 bits per heavy atom. The molecule has 4 aromatic rings. The second-order valence-corrected chi connectivity index (χ2v) is 8.32. The lowest BCUT2D eigenvalue weighted by atomic mass is 10.0. The van der Waals surface area contributed by atoms with Gasteiger partial charge >= 0.3 is 0 Å². The minimum atomic E-state index is -0.426. The number of anilines is 1. The fraction of sp³-hybridized carbons (Fsp3) is 0.269. The highest BCUT2D eigenvalue weighted by Crippen LogP contribution is 2.36. The zero-order valence-corrected chi connectivity index (χ0v) is 19.7. The Kier molecular flexibility index (Phi) is 6.33. The molecule has 1 aliphatic heterocycles. The number of hydrogen-bond acceptors (Lipinski definition) is 7. The van der Waals surface area contributed by atoms with Crippen LogP contribution in [-0.2, 0) is 0 Å². The highest BCUT2D eigenvalue weighted by Gasteiger charge is 2.19. The van der Waals surface area contributed by atoms with Crippen LogP contribution >= 0.6 is 0 Å². The molecular formula is C26H27FN6O2. The van der Waals surface area contributed by atoms with E-state index >= 15 is 0 Å². The van der Waals surface area contributed by atoms with Gasteiger partial charge in [0.25, 0.3) is 0 Å². The van der Waals surface area contributed by atoms with Crippen LogP contribution in [0.25, 0.3) is 22.2 Å². The van der Waals surface area contributed by atoms with Crippen LogP contribution < -0.4 is 15.0 Å². The summed E-state index contributed by atoms with van der Waals surface area (Å²) in [6.45, 7) is 7.79. The first-order valence-electron chi connectivity index (χ1n) is 11.6. The molecule has 0 aliphatic carbocycles. The van der Waals surface area contributed by atoms with E-state index in [-0.39, 0.29) is 11.4 Å². The fourth-order valence-electron chi connectivity index (χ4n) is 4.39. The van der Waals surface area contributed by atoms with E-state index in [1.807, 2.05) is 26.0 Å². The van der Waals surface area contributed by atoms with Crippen LogP contribution in [0.5, 0.6) is 11.6 Å². The molecule has 0 amide bonds. The Morgan fingerprint density at radius 3 is 2.74 bits per heavy atom. The van der Waals surface area contributed by atoms with Gasteiger partial charge < -0.3 is 25.0 Å². The number of ether oxygens (including phenoxy) is 1. The van der Waals surface area contributed by atoms with E-state index in [4.69, 9.17) is 4.74 Å². The Bertz CT molecular complexity index is 1380. The first kappa shape index (κ1) is 22.8. The summed E-state index contributed by atoms with van der Waals surface area (Å²) in [7, 11) is 0. The van der Waals surface area contributed by atoms with E-state index in [9.17, 15) is 9.50 Å². The highest BCUT2D eigenvalue weighted by atomic mass is 19.1. The largest absolute Gasteiger partial charge is 0.494 e. The normalized spacial score (nSPS) is 14.5. The summed E-state index contributed by atoms with van der Waals surface area (Å²) in [5.41, 5.74) is 3.12. The molecule has 0 unspecified atom stereocenters. The third kappa shape index (κ3) is 4.54. The minimum absolute atomic E-state index is 0.0239. The fourth-order valence-corrected chi connectivity index (χ4v) is 4.39. The molecule has 1 saturated heterocycles. The molecule has 3 aromatic heterocycles. The van der Waals surface area contributed by atoms with Crippen LogP contribution in [0.2, 0.25) is 0 Å². The average molecular weight is 475 g/mol. The maximum Gasteiger partial charge on any atom is 0.198 e. The molecule has 4 heterocycles. The van der Waals surface area contributed by atoms with E-state index in [0.29, 0.717) is 45.9 Å². The van der Waals surface area contributed by atoms with E-state index < -0.39 is 5.82 Å². The molecule has 8 nitrogen and oxygen atoms in total. The predicted octanol–water partition coefficient (Wildman–Crippen LogP) is 4.42. The number of fused-ring (bicyclic) bond motifs is 1. The smallest absolute Gasteiger partial charge is 0.198 e. The third-order valence-corrected chi connectivity index (χ3v) is 6.03. The van der Waals surface area contributed by atoms with Gasteiger partial charge in [-0.25, -0.2) is 9.37 Å². The summed E-state index contributed by atoms with van der Waals surface area (Å²) in [5, 5.41) is 14.7. The summed E-state index contributed by atoms with van der Waals surface area (Å²) >= 11 is 0. The SMILES string of the molecule is CCOc1cccc(F)c1-c1cc2c(C(C)=Nc3ccc(N4CCNCC4)nc3)c(O)[nH]c2cn1. The van der Waals surface area contributed by atoms with Crippen LogP contribution in [0.3, 0.4) is 0 Å². The summed E-state index contributed by atoms with van der Waals surface area (Å²) in [6.07, 6.45) is 3.31. The molecule has 5 rings (SSSR count). The van der Waals surface area contributed by atoms with Crippen molar-refractivity contribution in [3.8, 4) is 22.9 Å². The number of rotatable bonds is 6. The van der Waals surface area contributed by atoms with Gasteiger partial charge in [-0.15, -0.1) is 0 Å². The predicted molar refractivity (Wildman–Crippen MR) is 136 cm³/mol. The van der Waals surface area contributed by atoms with Gasteiger partial charge in [0.2, 0.25) is 0 Å². The number of aromatic hydroxyl groups is 1. The molecule has 0 atom stereocenters. The van der Waals surface area contributed by atoms with Crippen molar-refractivity contribution in [2.45, 2.75) is 13.8 Å². The molecule has 35 heavy (non-hydrogen) atoms. The highest BCUT2D eigenvalue weighted by molar-refractivity contribution is 6.13. The van der Waals surface area contributed by atoms with Crippen molar-refractivity contribution in [2.24, 2.45) is 4.99 Å². The molecule has 1 fully saturated rings. The van der Waals surface area contributed by atoms with Crippen LogP contribution in [0.4, 0.5) is 15.9 Å². The second kappa shape index (κ2) is 9.71. The van der Waals surface area contributed by atoms with Crippen molar-refractivity contribution in [3.05, 3.63) is 60.2 Å². The number of benzene rings is 1. The molecule has 1 aliphatic rings. The maximum atomic E-state index is 14.8. The van der Waals surface area contributed by atoms with Crippen LogP contribution in [0, 0.1) is 5.82 Å². The van der Waals surface area contributed by atoms with Gasteiger partial charge in [0.15, 0.2) is 5.88 Å². The standard InChI is InChI=1S/C26H27FN6O2/c1-3-35-22-6-4-5-19(27)25(22)20-13-18-21(15-29-20)32-26(34)24(18)16(2)31-17-7-8-23(30-14-17)33-11-9-28-10-12-33/h4-8,13-15,28,32,34H,3,9-12H2,1-2H3. The number of piperazine rings is 1. The van der Waals surface area contributed by atoms with Gasteiger partial charge in [-0.1, -0.05) is 6.07 Å². The van der Waals surface area contributed by atoms with Gasteiger partial charge in [-0.3, -0.25) is 9.98 Å². The summed E-state index contributed by atoms with van der Waals surface area (Å²) in [5.74, 6) is 0.889. The van der Waals surface area contributed by atoms with Gasteiger partial charge in [0, 0.05) is 31.6 Å². The van der Waals surface area contributed by atoms with Gasteiger partial charge in [0.1, 0.15) is 17.4 Å². The lowest BCUT2D eigenvalue weighted by Gasteiger charge is -2.28. The van der Waals surface area contributed by atoms with Crippen LogP contribution in [0.15, 0.2) is 53.8 Å². The lowest BCUT2D eigenvalue weighted by molar-refractivity contribution is 0.340. The monoisotopic (exact) mass is 474 g/mol. The van der Waals surface area contributed by atoms with Crippen molar-refractivity contribution in [1.29, 1.82) is 0 Å². The summed E-state index contributed by atoms with van der Waals surface area (Å²) in [6, 6.07) is 10.3. The minimum Gasteiger partial charge on any atom is -0.494 e. The van der Waals surface area contributed by atoms with Crippen molar-refractivity contribution in [2.75, 3.05) is 37.7 Å². The number of nitrogens with one attached hydrogen (secondary N) is 2. The number of hydrogen-bond donors (Lipinski definition) is 3. The zero-order chi connectivity index (χ0) is 24.4. The average Bonchev–Trinajstić information content (AvgIpc) is 3.20. The molecular weight excluding hydrogens is 447 g/mol. The molecule has 180 valence electrons. The zero-order valence-electron chi connectivity index (χ0n) is 19.7. The number of H-pyrrole nitrogens is 1. The number of aliphatic imine (C=N–C) groups is 1. The summed E-state index contributed by atoms with van der Waals surface area (Å²) < 4.78 is 20.4. The number of aromatic nitrogens is 3. The number of pyridine rings is 2. The maximum absolute atomic E-state index is 14.8. The van der Waals surface area contributed by atoms with Crippen LogP contribution in [-0.4, -0.2) is 58.6 Å². The first-order valence-corrected chi connectivity index (χ1v) is 11.6. The van der Waals surface area contributed by atoms with Crippen LogP contribution in [0.1, 0.15) is 19.4 Å². The molecule has 1 aromatic carbocycles. The third-order valence-electron chi connectivity index (χ3n) is 6.03. The number of halogens is 1. The second-order valence-electron chi connectivity index (χ2n) is 8.32. The van der Waals surface area contributed by atoms with E-state index in [0.717, 1.165) is 32.0 Å². The van der Waals surface area contributed by atoms with Crippen molar-refractivity contribution in [3.63, 3.8) is 0 Å². The lowest BCUT2D eigenvalue weighted by Crippen LogP contribution is -2.43. The molecule has 0 bridgehead atoms. The number of aromatic amines is 1.